The molecule has 0 saturated heterocycles. The Bertz CT molecular complexity index is 636. The highest BCUT2D eigenvalue weighted by Crippen LogP contribution is 2.24. The minimum absolute atomic E-state index is 0.0957. The van der Waals surface area contributed by atoms with Crippen LogP contribution in [0, 0.1) is 0 Å². The van der Waals surface area contributed by atoms with Crippen molar-refractivity contribution in [2.75, 3.05) is 11.9 Å². The lowest BCUT2D eigenvalue weighted by Gasteiger charge is -2.14. The Morgan fingerprint density at radius 3 is 2.52 bits per heavy atom. The van der Waals surface area contributed by atoms with Crippen LogP contribution in [0.4, 0.5) is 5.69 Å². The van der Waals surface area contributed by atoms with E-state index in [1.165, 1.54) is 6.92 Å². The third kappa shape index (κ3) is 5.89. The molecule has 1 aromatic rings. The van der Waals surface area contributed by atoms with Gasteiger partial charge in [-0.15, -0.1) is 0 Å². The van der Waals surface area contributed by atoms with Crippen molar-refractivity contribution in [2.45, 2.75) is 58.4 Å². The second kappa shape index (κ2) is 9.20. The van der Waals surface area contributed by atoms with E-state index in [4.69, 9.17) is 4.74 Å². The van der Waals surface area contributed by atoms with Crippen LogP contribution in [0.25, 0.3) is 0 Å². The molecule has 0 bridgehead atoms. The molecule has 1 aromatic carbocycles. The topological polar surface area (TPSA) is 84.5 Å². The van der Waals surface area contributed by atoms with Gasteiger partial charge in [0.25, 0.3) is 5.91 Å². The zero-order valence-electron chi connectivity index (χ0n) is 14.9. The van der Waals surface area contributed by atoms with Crippen LogP contribution in [0.15, 0.2) is 18.2 Å². The normalized spacial score (nSPS) is 14.2. The molecule has 2 N–H and O–H groups in total. The first-order valence-electron chi connectivity index (χ1n) is 8.86. The SMILES string of the molecule is CCCC(=O)Nc1ccc(OCC(=O)NC2CCCC2)c(C(C)=O)c1. The summed E-state index contributed by atoms with van der Waals surface area (Å²) in [5, 5.41) is 5.70. The molecule has 0 aliphatic heterocycles. The third-order valence-corrected chi connectivity index (χ3v) is 4.20. The van der Waals surface area contributed by atoms with Crippen molar-refractivity contribution in [2.24, 2.45) is 0 Å². The number of carbonyl (C=O) groups excluding carboxylic acids is 3. The van der Waals surface area contributed by atoms with E-state index in [-0.39, 0.29) is 30.2 Å². The van der Waals surface area contributed by atoms with E-state index in [2.05, 4.69) is 10.6 Å². The van der Waals surface area contributed by atoms with E-state index in [9.17, 15) is 14.4 Å². The predicted octanol–water partition coefficient (Wildman–Crippen LogP) is 3.07. The first-order valence-corrected chi connectivity index (χ1v) is 8.86. The summed E-state index contributed by atoms with van der Waals surface area (Å²) in [6.07, 6.45) is 5.49. The average molecular weight is 346 g/mol. The lowest BCUT2D eigenvalue weighted by molar-refractivity contribution is -0.123. The van der Waals surface area contributed by atoms with Gasteiger partial charge in [0, 0.05) is 18.2 Å². The number of hydrogen-bond donors (Lipinski definition) is 2. The van der Waals surface area contributed by atoms with Crippen LogP contribution in [-0.4, -0.2) is 30.2 Å². The lowest BCUT2D eigenvalue weighted by Crippen LogP contribution is -2.36. The van der Waals surface area contributed by atoms with Gasteiger partial charge >= 0.3 is 0 Å². The maximum atomic E-state index is 12.0. The Morgan fingerprint density at radius 2 is 1.88 bits per heavy atom. The maximum Gasteiger partial charge on any atom is 0.258 e. The summed E-state index contributed by atoms with van der Waals surface area (Å²) < 4.78 is 5.53. The second-order valence-corrected chi connectivity index (χ2v) is 6.40. The van der Waals surface area contributed by atoms with Gasteiger partial charge in [0.05, 0.1) is 5.56 Å². The van der Waals surface area contributed by atoms with Crippen LogP contribution >= 0.6 is 0 Å². The summed E-state index contributed by atoms with van der Waals surface area (Å²) in [5.74, 6) is -0.108. The highest BCUT2D eigenvalue weighted by molar-refractivity contribution is 5.99. The molecule has 1 fully saturated rings. The Balaban J connectivity index is 1.97. The van der Waals surface area contributed by atoms with E-state index in [0.717, 1.165) is 32.1 Å². The molecule has 136 valence electrons. The van der Waals surface area contributed by atoms with Gasteiger partial charge < -0.3 is 15.4 Å². The number of ether oxygens (including phenoxy) is 1. The number of rotatable bonds is 8. The van der Waals surface area contributed by atoms with E-state index < -0.39 is 0 Å². The fourth-order valence-corrected chi connectivity index (χ4v) is 2.94. The first kappa shape index (κ1) is 19.0. The zero-order valence-corrected chi connectivity index (χ0v) is 14.9. The van der Waals surface area contributed by atoms with Crippen molar-refractivity contribution < 1.29 is 19.1 Å². The lowest BCUT2D eigenvalue weighted by atomic mass is 10.1. The third-order valence-electron chi connectivity index (χ3n) is 4.20. The number of benzene rings is 1. The van der Waals surface area contributed by atoms with Crippen LogP contribution in [0.1, 0.15) is 62.7 Å². The second-order valence-electron chi connectivity index (χ2n) is 6.40. The number of amides is 2. The molecule has 2 rings (SSSR count). The molecule has 1 aliphatic carbocycles. The predicted molar refractivity (Wildman–Crippen MR) is 95.9 cm³/mol. The van der Waals surface area contributed by atoms with E-state index in [0.29, 0.717) is 23.4 Å². The molecule has 0 unspecified atom stereocenters. The number of ketones is 1. The Kier molecular flexibility index (Phi) is 6.98. The molecule has 6 heteroatoms. The van der Waals surface area contributed by atoms with Gasteiger partial charge in [0.2, 0.25) is 5.91 Å². The molecule has 0 aromatic heterocycles. The fraction of sp³-hybridized carbons (Fsp3) is 0.526. The molecule has 1 aliphatic rings. The smallest absolute Gasteiger partial charge is 0.258 e. The average Bonchev–Trinajstić information content (AvgIpc) is 3.06. The minimum Gasteiger partial charge on any atom is -0.483 e. The fourth-order valence-electron chi connectivity index (χ4n) is 2.94. The summed E-state index contributed by atoms with van der Waals surface area (Å²) >= 11 is 0. The molecule has 0 heterocycles. The van der Waals surface area contributed by atoms with Crippen molar-refractivity contribution in [3.63, 3.8) is 0 Å². The highest BCUT2D eigenvalue weighted by atomic mass is 16.5. The van der Waals surface area contributed by atoms with Gasteiger partial charge in [-0.3, -0.25) is 14.4 Å². The van der Waals surface area contributed by atoms with E-state index in [1.807, 2.05) is 6.92 Å². The van der Waals surface area contributed by atoms with E-state index in [1.54, 1.807) is 18.2 Å². The summed E-state index contributed by atoms with van der Waals surface area (Å²) in [7, 11) is 0. The molecule has 2 amide bonds. The van der Waals surface area contributed by atoms with Crippen molar-refractivity contribution in [3.8, 4) is 5.75 Å². The van der Waals surface area contributed by atoms with Gasteiger partial charge in [-0.25, -0.2) is 0 Å². The quantitative estimate of drug-likeness (QED) is 0.709. The van der Waals surface area contributed by atoms with Crippen molar-refractivity contribution in [1.29, 1.82) is 0 Å². The van der Waals surface area contributed by atoms with Crippen molar-refractivity contribution in [1.82, 2.24) is 5.32 Å². The molecule has 0 radical (unpaired) electrons. The molecule has 6 nitrogen and oxygen atoms in total. The van der Waals surface area contributed by atoms with Gasteiger partial charge in [0.15, 0.2) is 12.4 Å². The van der Waals surface area contributed by atoms with Crippen LogP contribution in [0.5, 0.6) is 5.75 Å². The summed E-state index contributed by atoms with van der Waals surface area (Å²) in [5.41, 5.74) is 0.898. The van der Waals surface area contributed by atoms with Gasteiger partial charge in [-0.05, 0) is 44.4 Å². The molecule has 1 saturated carbocycles. The van der Waals surface area contributed by atoms with Crippen molar-refractivity contribution in [3.05, 3.63) is 23.8 Å². The zero-order chi connectivity index (χ0) is 18.2. The van der Waals surface area contributed by atoms with Gasteiger partial charge in [-0.2, -0.15) is 0 Å². The number of Topliss-reactive ketones (excluding diaryl/α,β-unsaturated/α-hetero) is 1. The number of carbonyl (C=O) groups is 3. The summed E-state index contributed by atoms with van der Waals surface area (Å²) in [6, 6.07) is 5.10. The van der Waals surface area contributed by atoms with E-state index >= 15 is 0 Å². The number of hydrogen-bond acceptors (Lipinski definition) is 4. The minimum atomic E-state index is -0.183. The monoisotopic (exact) mass is 346 g/mol. The van der Waals surface area contributed by atoms with Gasteiger partial charge in [-0.1, -0.05) is 19.8 Å². The van der Waals surface area contributed by atoms with Crippen LogP contribution < -0.4 is 15.4 Å². The number of nitrogens with one attached hydrogen (secondary N) is 2. The molecule has 0 atom stereocenters. The highest BCUT2D eigenvalue weighted by Gasteiger charge is 2.18. The van der Waals surface area contributed by atoms with Gasteiger partial charge in [0.1, 0.15) is 5.75 Å². The Hall–Kier alpha value is -2.37. The van der Waals surface area contributed by atoms with Crippen molar-refractivity contribution >= 4 is 23.3 Å². The number of anilines is 1. The maximum absolute atomic E-state index is 12.0. The van der Waals surface area contributed by atoms with Crippen LogP contribution in [0.3, 0.4) is 0 Å². The Morgan fingerprint density at radius 1 is 1.16 bits per heavy atom. The van der Waals surface area contributed by atoms with Crippen LogP contribution in [-0.2, 0) is 9.59 Å². The molecular formula is C19H26N2O4. The summed E-state index contributed by atoms with van der Waals surface area (Å²) in [4.78, 5) is 35.5. The first-order chi connectivity index (χ1) is 12.0. The standard InChI is InChI=1S/C19H26N2O4/c1-3-6-18(23)21-15-9-10-17(16(11-15)13(2)22)25-12-19(24)20-14-7-4-5-8-14/h9-11,14H,3-8,12H2,1-2H3,(H,20,24)(H,21,23). The molecule has 0 spiro atoms. The Labute approximate surface area is 148 Å². The largest absolute Gasteiger partial charge is 0.483 e. The van der Waals surface area contributed by atoms with Crippen LogP contribution in [0.2, 0.25) is 0 Å². The molecular weight excluding hydrogens is 320 g/mol. The summed E-state index contributed by atoms with van der Waals surface area (Å²) in [6.45, 7) is 3.23. The molecule has 25 heavy (non-hydrogen) atoms.